The van der Waals surface area contributed by atoms with E-state index in [4.69, 9.17) is 0 Å². The topological polar surface area (TPSA) is 67.2 Å². The number of rotatable bonds is 2. The minimum Gasteiger partial charge on any atom is -0.291 e. The van der Waals surface area contributed by atoms with E-state index in [1.807, 2.05) is 6.07 Å². The van der Waals surface area contributed by atoms with Gasteiger partial charge in [0.25, 0.3) is 5.69 Å². The van der Waals surface area contributed by atoms with Gasteiger partial charge in [0, 0.05) is 17.1 Å². The molecule has 0 aromatic heterocycles. The highest BCUT2D eigenvalue weighted by Gasteiger charge is 2.47. The molecule has 5 heteroatoms. The molecule has 0 unspecified atom stereocenters. The first-order valence-electron chi connectivity index (χ1n) is 6.03. The summed E-state index contributed by atoms with van der Waals surface area (Å²) in [7, 11) is 0. The monoisotopic (exact) mass is 249 g/mol. The van der Waals surface area contributed by atoms with E-state index in [-0.39, 0.29) is 27.9 Å². The quantitative estimate of drug-likeness (QED) is 0.623. The highest BCUT2D eigenvalue weighted by molar-refractivity contribution is 5.43. The number of nitro benzene ring substituents is 1. The number of nitro groups is 1. The molecule has 0 atom stereocenters. The van der Waals surface area contributed by atoms with Gasteiger partial charge in [-0.1, -0.05) is 12.1 Å². The summed E-state index contributed by atoms with van der Waals surface area (Å²) in [6.07, 6.45) is -0.198. The Bertz CT molecular complexity index is 467. The van der Waals surface area contributed by atoms with Gasteiger partial charge in [0.1, 0.15) is 0 Å². The lowest BCUT2D eigenvalue weighted by Gasteiger charge is -2.33. The summed E-state index contributed by atoms with van der Waals surface area (Å²) in [5.74, 6) is 0. The molecule has 18 heavy (non-hydrogen) atoms. The summed E-state index contributed by atoms with van der Waals surface area (Å²) < 4.78 is 0. The number of hydrogen-bond donors (Lipinski definition) is 2. The SMILES string of the molecule is CC1(C)NC(c2ccccc2[N+](=O)[O-])NC1(C)C. The molecule has 1 aromatic carbocycles. The molecule has 0 spiro atoms. The third kappa shape index (κ3) is 2.00. The third-order valence-corrected chi connectivity index (χ3v) is 4.02. The van der Waals surface area contributed by atoms with E-state index in [1.54, 1.807) is 12.1 Å². The molecule has 0 radical (unpaired) electrons. The molecule has 2 N–H and O–H groups in total. The van der Waals surface area contributed by atoms with Crippen LogP contribution in [0.4, 0.5) is 5.69 Å². The normalized spacial score (nSPS) is 22.0. The van der Waals surface area contributed by atoms with Crippen LogP contribution >= 0.6 is 0 Å². The van der Waals surface area contributed by atoms with E-state index in [9.17, 15) is 10.1 Å². The average Bonchev–Trinajstić information content (AvgIpc) is 2.48. The zero-order chi connectivity index (χ0) is 13.6. The number of benzene rings is 1. The molecule has 2 rings (SSSR count). The molecular weight excluding hydrogens is 230 g/mol. The molecule has 1 heterocycles. The second-order valence-corrected chi connectivity index (χ2v) is 5.79. The zero-order valence-electron chi connectivity index (χ0n) is 11.2. The van der Waals surface area contributed by atoms with Gasteiger partial charge in [-0.2, -0.15) is 0 Å². The first-order chi connectivity index (χ1) is 8.24. The predicted molar refractivity (Wildman–Crippen MR) is 70.3 cm³/mol. The van der Waals surface area contributed by atoms with Crippen LogP contribution in [0.1, 0.15) is 39.4 Å². The van der Waals surface area contributed by atoms with Gasteiger partial charge in [0.05, 0.1) is 16.7 Å². The van der Waals surface area contributed by atoms with Crippen molar-refractivity contribution in [3.05, 3.63) is 39.9 Å². The largest absolute Gasteiger partial charge is 0.291 e. The van der Waals surface area contributed by atoms with E-state index < -0.39 is 0 Å². The Hall–Kier alpha value is -1.46. The molecule has 98 valence electrons. The summed E-state index contributed by atoms with van der Waals surface area (Å²) in [4.78, 5) is 10.7. The van der Waals surface area contributed by atoms with Gasteiger partial charge in [-0.05, 0) is 33.8 Å². The van der Waals surface area contributed by atoms with E-state index in [2.05, 4.69) is 38.3 Å². The Morgan fingerprint density at radius 1 is 1.11 bits per heavy atom. The van der Waals surface area contributed by atoms with E-state index in [1.165, 1.54) is 6.07 Å². The molecule has 0 bridgehead atoms. The second kappa shape index (κ2) is 4.03. The van der Waals surface area contributed by atoms with Gasteiger partial charge in [0.2, 0.25) is 0 Å². The van der Waals surface area contributed by atoms with Crippen LogP contribution in [0.15, 0.2) is 24.3 Å². The smallest absolute Gasteiger partial charge is 0.275 e. The maximum absolute atomic E-state index is 11.1. The minimum atomic E-state index is -0.336. The fourth-order valence-corrected chi connectivity index (χ4v) is 2.17. The lowest BCUT2D eigenvalue weighted by Crippen LogP contribution is -2.51. The van der Waals surface area contributed by atoms with Crippen molar-refractivity contribution in [3.63, 3.8) is 0 Å². The fourth-order valence-electron chi connectivity index (χ4n) is 2.17. The van der Waals surface area contributed by atoms with Crippen LogP contribution in [0.5, 0.6) is 0 Å². The predicted octanol–water partition coefficient (Wildman–Crippen LogP) is 2.34. The summed E-state index contributed by atoms with van der Waals surface area (Å²) in [5.41, 5.74) is 0.556. The van der Waals surface area contributed by atoms with Gasteiger partial charge >= 0.3 is 0 Å². The molecule has 1 saturated heterocycles. The van der Waals surface area contributed by atoms with Crippen molar-refractivity contribution in [2.75, 3.05) is 0 Å². The number of hydrogen-bond acceptors (Lipinski definition) is 4. The van der Waals surface area contributed by atoms with Crippen LogP contribution in [0.3, 0.4) is 0 Å². The Morgan fingerprint density at radius 2 is 1.61 bits per heavy atom. The summed E-state index contributed by atoms with van der Waals surface area (Å²) >= 11 is 0. The van der Waals surface area contributed by atoms with Gasteiger partial charge in [-0.3, -0.25) is 20.7 Å². The lowest BCUT2D eigenvalue weighted by molar-refractivity contribution is -0.385. The van der Waals surface area contributed by atoms with Gasteiger partial charge in [0.15, 0.2) is 0 Å². The highest BCUT2D eigenvalue weighted by Crippen LogP contribution is 2.35. The molecule has 0 aliphatic carbocycles. The molecule has 0 amide bonds. The standard InChI is InChI=1S/C13H19N3O2/c1-12(2)13(3,4)15-11(14-12)9-7-5-6-8-10(9)16(17)18/h5-8,11,14-15H,1-4H3. The Balaban J connectivity index is 2.38. The Kier molecular flexibility index (Phi) is 2.91. The van der Waals surface area contributed by atoms with Crippen molar-refractivity contribution >= 4 is 5.69 Å². The van der Waals surface area contributed by atoms with Crippen molar-refractivity contribution in [2.24, 2.45) is 0 Å². The van der Waals surface area contributed by atoms with Gasteiger partial charge < -0.3 is 0 Å². The summed E-state index contributed by atoms with van der Waals surface area (Å²) in [5, 5.41) is 17.9. The molecule has 1 fully saturated rings. The van der Waals surface area contributed by atoms with Crippen LogP contribution in [0, 0.1) is 10.1 Å². The first-order valence-corrected chi connectivity index (χ1v) is 6.03. The van der Waals surface area contributed by atoms with Crippen LogP contribution < -0.4 is 10.6 Å². The highest BCUT2D eigenvalue weighted by atomic mass is 16.6. The molecule has 0 saturated carbocycles. The maximum Gasteiger partial charge on any atom is 0.275 e. The van der Waals surface area contributed by atoms with E-state index >= 15 is 0 Å². The zero-order valence-corrected chi connectivity index (χ0v) is 11.2. The molecule has 1 aromatic rings. The average molecular weight is 249 g/mol. The molecule has 1 aliphatic rings. The number of nitrogens with zero attached hydrogens (tertiary/aromatic N) is 1. The van der Waals surface area contributed by atoms with Crippen LogP contribution in [-0.2, 0) is 0 Å². The summed E-state index contributed by atoms with van der Waals surface area (Å²) in [6, 6.07) is 6.84. The van der Waals surface area contributed by atoms with Crippen LogP contribution in [-0.4, -0.2) is 16.0 Å². The van der Waals surface area contributed by atoms with Crippen LogP contribution in [0.25, 0.3) is 0 Å². The fraction of sp³-hybridized carbons (Fsp3) is 0.538. The molecule has 5 nitrogen and oxygen atoms in total. The Labute approximate surface area is 107 Å². The number of nitrogens with one attached hydrogen (secondary N) is 2. The van der Waals surface area contributed by atoms with E-state index in [0.717, 1.165) is 0 Å². The van der Waals surface area contributed by atoms with Gasteiger partial charge in [-0.25, -0.2) is 0 Å². The summed E-state index contributed by atoms with van der Waals surface area (Å²) in [6.45, 7) is 8.37. The van der Waals surface area contributed by atoms with Crippen LogP contribution in [0.2, 0.25) is 0 Å². The van der Waals surface area contributed by atoms with Gasteiger partial charge in [-0.15, -0.1) is 0 Å². The Morgan fingerprint density at radius 3 is 2.11 bits per heavy atom. The molecular formula is C13H19N3O2. The molecule has 1 aliphatic heterocycles. The second-order valence-electron chi connectivity index (χ2n) is 5.79. The van der Waals surface area contributed by atoms with Crippen molar-refractivity contribution < 1.29 is 4.92 Å². The van der Waals surface area contributed by atoms with Crippen molar-refractivity contribution in [2.45, 2.75) is 44.9 Å². The van der Waals surface area contributed by atoms with Crippen molar-refractivity contribution in [1.82, 2.24) is 10.6 Å². The number of para-hydroxylation sites is 1. The first kappa shape index (κ1) is 13.0. The minimum absolute atomic E-state index is 0.138. The third-order valence-electron chi connectivity index (χ3n) is 4.02. The van der Waals surface area contributed by atoms with E-state index in [0.29, 0.717) is 5.56 Å². The lowest BCUT2D eigenvalue weighted by atomic mass is 9.85. The maximum atomic E-state index is 11.1. The van der Waals surface area contributed by atoms with Crippen molar-refractivity contribution in [1.29, 1.82) is 0 Å². The van der Waals surface area contributed by atoms with Crippen molar-refractivity contribution in [3.8, 4) is 0 Å².